The van der Waals surface area contributed by atoms with Crippen LogP contribution >= 0.6 is 0 Å². The molecule has 0 aliphatic carbocycles. The second-order valence-electron chi connectivity index (χ2n) is 19.4. The largest absolute Gasteiger partial charge is 1.00 e. The Kier molecular flexibility index (Phi) is 32.9. The maximum absolute atomic E-state index is 11.6. The van der Waals surface area contributed by atoms with Crippen molar-refractivity contribution >= 4 is 87.3 Å². The fraction of sp³-hybridized carbons (Fsp3) is 0.400. The van der Waals surface area contributed by atoms with E-state index < -0.39 is 62.7 Å². The van der Waals surface area contributed by atoms with Crippen LogP contribution in [0, 0.1) is 0 Å². The Morgan fingerprint density at radius 1 is 0.543 bits per heavy atom. The quantitative estimate of drug-likeness (QED) is 0.0278. The summed E-state index contributed by atoms with van der Waals surface area (Å²) in [7, 11) is -17.8. The van der Waals surface area contributed by atoms with Gasteiger partial charge >= 0.3 is 212 Å². The number of nitrogens with one attached hydrogen (secondary N) is 6. The van der Waals surface area contributed by atoms with E-state index in [1.807, 2.05) is 62.3 Å². The van der Waals surface area contributed by atoms with Gasteiger partial charge < -0.3 is 54.4 Å². The summed E-state index contributed by atoms with van der Waals surface area (Å²) in [5.41, 5.74) is -0.841. The number of ether oxygens (including phenoxy) is 1. The molecule has 81 heavy (non-hydrogen) atoms. The Morgan fingerprint density at radius 3 is 1.37 bits per heavy atom. The van der Waals surface area contributed by atoms with Gasteiger partial charge in [0.15, 0.2) is 0 Å². The summed E-state index contributed by atoms with van der Waals surface area (Å²) >= 11 is 0. The van der Waals surface area contributed by atoms with Crippen molar-refractivity contribution in [2.45, 2.75) is 93.2 Å². The Labute approximate surface area is 651 Å². The van der Waals surface area contributed by atoms with Crippen molar-refractivity contribution in [1.29, 1.82) is 0 Å². The monoisotopic (exact) mass is 1570 g/mol. The van der Waals surface area contributed by atoms with E-state index in [-0.39, 0.29) is 280 Å². The van der Waals surface area contributed by atoms with Crippen LogP contribution in [0.2, 0.25) is 0 Å². The first-order valence-electron chi connectivity index (χ1n) is 23.0. The zero-order valence-electron chi connectivity index (χ0n) is 49.6. The molecule has 3 aromatic heterocycles. The van der Waals surface area contributed by atoms with Crippen molar-refractivity contribution in [3.63, 3.8) is 0 Å². The Bertz CT molecular complexity index is 3460. The van der Waals surface area contributed by atoms with Gasteiger partial charge in [0.2, 0.25) is 29.7 Å². The standard InChI is InChI=1S/C19H21N5O6S2.C13H25N5O5S.C13H16N4O4S.3Cs.3H/c1-19(2,3)16-22-17(20-12-4-8-14(9-5-12)31(25,26)27)24-18(23-16)21-13-6-10-15(11-7-13)32(28,29)30;1-13(2,3)10-16-11(14-4-7-23-8-6-19)18-12(17-10)15-5-9-24(20,21)22;1-13(2,3)10-15-11(17-12(18)16-10)14-8-6-4-5-7-9(8)22(19,20)21;;;;;;/h4-11H,1-3H3,(H,25,26,27)(H,28,29,30)(H2,20,21,22,23,24);19H,4-9H2,1-3H3,(H,20,21,22)(H2,14,15,16,17,18);4-7H,1-3H3,(H,19,20,21)(H2,14,15,16,17,18);;;;;;/q;;;3*+1;3*-1/p-3. The van der Waals surface area contributed by atoms with Crippen LogP contribution in [0.3, 0.4) is 0 Å². The van der Waals surface area contributed by atoms with Crippen LogP contribution in [0.5, 0.6) is 0 Å². The number of hydrogen-bond donors (Lipinski definition) is 8. The second kappa shape index (κ2) is 34.1. The number of rotatable bonds is 19. The minimum Gasteiger partial charge on any atom is -1.00 e. The molecular formula is C45H62Cs3N14O15S4-3. The molecule has 0 atom stereocenters. The van der Waals surface area contributed by atoms with Crippen LogP contribution in [-0.4, -0.2) is 141 Å². The molecule has 0 bridgehead atoms. The van der Waals surface area contributed by atoms with Crippen LogP contribution in [0.25, 0.3) is 0 Å². The van der Waals surface area contributed by atoms with Gasteiger partial charge in [0.1, 0.15) is 42.6 Å². The number of aromatic amines is 1. The number of anilines is 8. The van der Waals surface area contributed by atoms with E-state index in [1.54, 1.807) is 6.07 Å². The summed E-state index contributed by atoms with van der Waals surface area (Å²) in [6.45, 7) is 18.0. The van der Waals surface area contributed by atoms with Crippen molar-refractivity contribution in [2.24, 2.45) is 0 Å². The molecule has 0 fully saturated rings. The van der Waals surface area contributed by atoms with Gasteiger partial charge in [0, 0.05) is 40.7 Å². The summed E-state index contributed by atoms with van der Waals surface area (Å²) in [4.78, 5) is 46.7. The molecule has 3 heterocycles. The van der Waals surface area contributed by atoms with Crippen LogP contribution in [0.15, 0.2) is 92.3 Å². The van der Waals surface area contributed by atoms with E-state index in [0.29, 0.717) is 47.9 Å². The van der Waals surface area contributed by atoms with E-state index in [4.69, 9.17) is 9.84 Å². The maximum atomic E-state index is 11.6. The molecule has 36 heteroatoms. The van der Waals surface area contributed by atoms with Gasteiger partial charge in [-0.25, -0.2) is 30.0 Å². The first-order valence-corrected chi connectivity index (χ1v) is 28.9. The fourth-order valence-corrected chi connectivity index (χ4v) is 7.70. The van der Waals surface area contributed by atoms with Crippen molar-refractivity contribution < 1.29 is 273 Å². The molecule has 6 rings (SSSR count). The van der Waals surface area contributed by atoms with Gasteiger partial charge in [-0.15, -0.1) is 0 Å². The number of aliphatic hydroxyl groups is 1. The van der Waals surface area contributed by atoms with Crippen LogP contribution in [-0.2, 0) is 61.5 Å². The van der Waals surface area contributed by atoms with Gasteiger partial charge in [-0.2, -0.15) is 48.3 Å². The molecule has 0 saturated carbocycles. The van der Waals surface area contributed by atoms with E-state index in [1.165, 1.54) is 66.7 Å². The molecule has 0 unspecified atom stereocenters. The van der Waals surface area contributed by atoms with E-state index in [2.05, 4.69) is 71.4 Å². The summed E-state index contributed by atoms with van der Waals surface area (Å²) in [6.07, 6.45) is 0. The van der Waals surface area contributed by atoms with E-state index >= 15 is 0 Å². The van der Waals surface area contributed by atoms with Crippen molar-refractivity contribution in [3.8, 4) is 0 Å². The number of aliphatic hydroxyl groups excluding tert-OH is 1. The topological polar surface area (TPSA) is 452 Å². The Hall–Kier alpha value is -0.794. The van der Waals surface area contributed by atoms with Crippen LogP contribution < -0.4 is 239 Å². The summed E-state index contributed by atoms with van der Waals surface area (Å²) in [6, 6.07) is 16.0. The maximum Gasteiger partial charge on any atom is 1.00 e. The molecular weight excluding hydrogens is 1500 g/mol. The predicted octanol–water partition coefficient (Wildman–Crippen LogP) is -5.19. The first kappa shape index (κ1) is 78.2. The minimum atomic E-state index is -4.56. The summed E-state index contributed by atoms with van der Waals surface area (Å²) < 4.78 is 135. The first-order chi connectivity index (χ1) is 35.9. The molecule has 0 aliphatic rings. The average Bonchev–Trinajstić information content (AvgIpc) is 3.30. The number of benzene rings is 3. The molecule has 0 spiro atoms. The molecule has 0 saturated heterocycles. The molecule has 6 aromatic rings. The SMILES string of the molecule is CC(C)(C)c1nc(NCCOCCO)nc(NCCS(=O)(=O)[O-])n1.CC(C)(C)c1nc(Nc2ccc(S(=O)(=O)[O-])cc2)nc(Nc2ccc(S(=O)(=O)[O-])cc2)n1.CC(C)(C)c1nc(Nc2ccccc2S(=O)(=O)O)nc(=O)[nH]1.[Cs+].[Cs+].[Cs+].[H-].[H-].[H-]. The number of aromatic nitrogens is 9. The third-order valence-electron chi connectivity index (χ3n) is 9.58. The second-order valence-corrected chi connectivity index (χ2v) is 25.1. The fourth-order valence-electron chi connectivity index (χ4n) is 5.76. The van der Waals surface area contributed by atoms with Gasteiger partial charge in [-0.3, -0.25) is 9.54 Å². The Balaban J connectivity index is -0.00000115. The summed E-state index contributed by atoms with van der Waals surface area (Å²) in [5, 5.41) is 22.8. The van der Waals surface area contributed by atoms with E-state index in [9.17, 15) is 56.7 Å². The van der Waals surface area contributed by atoms with Crippen molar-refractivity contribution in [3.05, 3.63) is 101 Å². The van der Waals surface area contributed by atoms with Gasteiger partial charge in [-0.1, -0.05) is 74.4 Å². The molecule has 8 N–H and O–H groups in total. The average molecular weight is 1570 g/mol. The zero-order valence-corrected chi connectivity index (χ0v) is 68.7. The van der Waals surface area contributed by atoms with Crippen LogP contribution in [0.1, 0.15) is 84.1 Å². The van der Waals surface area contributed by atoms with Crippen molar-refractivity contribution in [1.82, 2.24) is 44.9 Å². The molecule has 0 radical (unpaired) electrons. The smallest absolute Gasteiger partial charge is 1.00 e. The molecule has 29 nitrogen and oxygen atoms in total. The normalized spacial score (nSPS) is 11.8. The predicted molar refractivity (Wildman–Crippen MR) is 286 cm³/mol. The molecule has 432 valence electrons. The Morgan fingerprint density at radius 2 is 0.963 bits per heavy atom. The van der Waals surface area contributed by atoms with Crippen molar-refractivity contribution in [2.75, 3.05) is 65.2 Å². The number of H-pyrrole nitrogens is 1. The molecule has 3 aromatic carbocycles. The molecule has 0 amide bonds. The minimum absolute atomic E-state index is 0. The van der Waals surface area contributed by atoms with Gasteiger partial charge in [0.25, 0.3) is 10.1 Å². The van der Waals surface area contributed by atoms with Crippen LogP contribution in [0.4, 0.5) is 46.8 Å². The third kappa shape index (κ3) is 28.7. The number of hydrogen-bond acceptors (Lipinski definition) is 27. The van der Waals surface area contributed by atoms with Gasteiger partial charge in [-0.05, 0) is 60.7 Å². The zero-order chi connectivity index (χ0) is 58.5. The van der Waals surface area contributed by atoms with E-state index in [0.717, 1.165) is 0 Å². The third-order valence-corrected chi connectivity index (χ3v) is 12.9. The summed E-state index contributed by atoms with van der Waals surface area (Å²) in [5.74, 6) is 1.57. The molecule has 0 aliphatic heterocycles. The number of para-hydroxylation sites is 1. The van der Waals surface area contributed by atoms with Gasteiger partial charge in [0.05, 0.1) is 51.2 Å². The number of nitrogens with zero attached hydrogens (tertiary/aromatic N) is 8.